The Morgan fingerprint density at radius 3 is 2.13 bits per heavy atom. The first-order chi connectivity index (χ1) is 14.6. The van der Waals surface area contributed by atoms with Gasteiger partial charge in [0.1, 0.15) is 0 Å². The van der Waals surface area contributed by atoms with Crippen LogP contribution in [0.15, 0.2) is 76.8 Å². The third kappa shape index (κ3) is 5.23. The Hall–Kier alpha value is -3.35. The number of hydrogen-bond acceptors (Lipinski definition) is 7. The molecule has 0 saturated carbocycles. The van der Waals surface area contributed by atoms with Crippen LogP contribution >= 0.6 is 0 Å². The molecule has 0 saturated heterocycles. The van der Waals surface area contributed by atoms with Gasteiger partial charge in [-0.25, -0.2) is 35.8 Å². The fourth-order valence-corrected chi connectivity index (χ4v) is 4.37. The molecule has 0 bridgehead atoms. The molecule has 0 aliphatic heterocycles. The molecule has 31 heavy (non-hydrogen) atoms. The van der Waals surface area contributed by atoms with Crippen LogP contribution in [0.3, 0.4) is 0 Å². The second-order valence-electron chi connectivity index (χ2n) is 6.47. The maximum atomic E-state index is 12.5. The lowest BCUT2D eigenvalue weighted by atomic mass is 10.2. The number of nitrogens with zero attached hydrogens (tertiary/aromatic N) is 3. The van der Waals surface area contributed by atoms with Crippen molar-refractivity contribution in [2.75, 3.05) is 24.1 Å². The fraction of sp³-hybridized carbons (Fsp3) is 0.105. The van der Waals surface area contributed by atoms with Gasteiger partial charge >= 0.3 is 0 Å². The summed E-state index contributed by atoms with van der Waals surface area (Å²) in [6.07, 6.45) is 2.81. The zero-order chi connectivity index (χ0) is 22.6. The minimum Gasteiger partial charge on any atom is -0.322 e. The van der Waals surface area contributed by atoms with Crippen LogP contribution in [0.1, 0.15) is 10.4 Å². The van der Waals surface area contributed by atoms with Gasteiger partial charge in [-0.1, -0.05) is 6.07 Å². The SMILES string of the molecule is CN(C)S(=O)(=O)c1cccc(C(=O)Nc2ccc(S(=O)(=O)Nc3ncccn3)cc2)c1. The summed E-state index contributed by atoms with van der Waals surface area (Å²) < 4.78 is 52.6. The summed E-state index contributed by atoms with van der Waals surface area (Å²) in [5.41, 5.74) is 0.475. The maximum Gasteiger partial charge on any atom is 0.264 e. The molecule has 3 aromatic rings. The van der Waals surface area contributed by atoms with E-state index in [1.54, 1.807) is 6.07 Å². The standard InChI is InChI=1S/C19H19N5O5S2/c1-24(2)31(28,29)17-6-3-5-14(13-17)18(25)22-15-7-9-16(10-8-15)30(26,27)23-19-20-11-4-12-21-19/h3-13H,1-2H3,(H,22,25)(H,20,21,23). The Kier molecular flexibility index (Phi) is 6.34. The summed E-state index contributed by atoms with van der Waals surface area (Å²) in [5, 5.41) is 2.61. The fourth-order valence-electron chi connectivity index (χ4n) is 2.46. The molecule has 2 N–H and O–H groups in total. The van der Waals surface area contributed by atoms with Gasteiger partial charge in [-0.15, -0.1) is 0 Å². The van der Waals surface area contributed by atoms with Crippen molar-refractivity contribution >= 4 is 37.6 Å². The molecule has 2 aromatic carbocycles. The highest BCUT2D eigenvalue weighted by Crippen LogP contribution is 2.19. The summed E-state index contributed by atoms with van der Waals surface area (Å²) in [6.45, 7) is 0. The number of carbonyl (C=O) groups is 1. The smallest absolute Gasteiger partial charge is 0.264 e. The molecule has 1 aromatic heterocycles. The molecule has 162 valence electrons. The summed E-state index contributed by atoms with van der Waals surface area (Å²) in [4.78, 5) is 20.1. The van der Waals surface area contributed by atoms with Crippen molar-refractivity contribution in [2.24, 2.45) is 0 Å². The lowest BCUT2D eigenvalue weighted by Crippen LogP contribution is -2.22. The van der Waals surface area contributed by atoms with Gasteiger partial charge in [0.2, 0.25) is 16.0 Å². The zero-order valence-electron chi connectivity index (χ0n) is 16.6. The molecule has 0 aliphatic rings. The van der Waals surface area contributed by atoms with E-state index in [2.05, 4.69) is 20.0 Å². The van der Waals surface area contributed by atoms with Crippen molar-refractivity contribution in [3.63, 3.8) is 0 Å². The average Bonchev–Trinajstić information content (AvgIpc) is 2.74. The topological polar surface area (TPSA) is 138 Å². The molecule has 1 heterocycles. The van der Waals surface area contributed by atoms with Gasteiger partial charge in [-0.05, 0) is 48.5 Å². The van der Waals surface area contributed by atoms with Crippen molar-refractivity contribution in [1.29, 1.82) is 0 Å². The van der Waals surface area contributed by atoms with E-state index in [0.29, 0.717) is 5.69 Å². The largest absolute Gasteiger partial charge is 0.322 e. The Morgan fingerprint density at radius 2 is 1.52 bits per heavy atom. The number of carbonyl (C=O) groups excluding carboxylic acids is 1. The molecule has 1 amide bonds. The number of anilines is 2. The highest BCUT2D eigenvalue weighted by atomic mass is 32.2. The van der Waals surface area contributed by atoms with E-state index in [0.717, 1.165) is 4.31 Å². The van der Waals surface area contributed by atoms with E-state index >= 15 is 0 Å². The van der Waals surface area contributed by atoms with E-state index < -0.39 is 26.0 Å². The summed E-state index contributed by atoms with van der Waals surface area (Å²) in [6, 6.07) is 12.6. The number of aromatic nitrogens is 2. The van der Waals surface area contributed by atoms with Gasteiger partial charge in [0, 0.05) is 37.7 Å². The number of sulfonamides is 2. The van der Waals surface area contributed by atoms with Crippen molar-refractivity contribution in [3.05, 3.63) is 72.6 Å². The monoisotopic (exact) mass is 461 g/mol. The number of nitrogens with one attached hydrogen (secondary N) is 2. The lowest BCUT2D eigenvalue weighted by Gasteiger charge is -2.12. The van der Waals surface area contributed by atoms with E-state index in [4.69, 9.17) is 0 Å². The predicted molar refractivity (Wildman–Crippen MR) is 115 cm³/mol. The van der Waals surface area contributed by atoms with Crippen LogP contribution in [0.2, 0.25) is 0 Å². The molecule has 0 unspecified atom stereocenters. The van der Waals surface area contributed by atoms with Crippen molar-refractivity contribution in [2.45, 2.75) is 9.79 Å². The van der Waals surface area contributed by atoms with E-state index in [1.807, 2.05) is 0 Å². The van der Waals surface area contributed by atoms with Crippen molar-refractivity contribution in [3.8, 4) is 0 Å². The van der Waals surface area contributed by atoms with Crippen LogP contribution < -0.4 is 10.0 Å². The Balaban J connectivity index is 1.75. The first-order valence-corrected chi connectivity index (χ1v) is 11.8. The molecule has 0 radical (unpaired) electrons. The first kappa shape index (κ1) is 22.3. The normalized spacial score (nSPS) is 11.8. The highest BCUT2D eigenvalue weighted by Gasteiger charge is 2.19. The van der Waals surface area contributed by atoms with Crippen LogP contribution in [0, 0.1) is 0 Å². The van der Waals surface area contributed by atoms with E-state index in [-0.39, 0.29) is 21.3 Å². The van der Waals surface area contributed by atoms with Crippen molar-refractivity contribution < 1.29 is 21.6 Å². The molecule has 0 aliphatic carbocycles. The number of amides is 1. The molecular weight excluding hydrogens is 442 g/mol. The number of benzene rings is 2. The van der Waals surface area contributed by atoms with Gasteiger partial charge in [0.25, 0.3) is 15.9 Å². The minimum atomic E-state index is -3.90. The van der Waals surface area contributed by atoms with Gasteiger partial charge in [-0.3, -0.25) is 4.79 Å². The zero-order valence-corrected chi connectivity index (χ0v) is 18.2. The quantitative estimate of drug-likeness (QED) is 0.547. The van der Waals surface area contributed by atoms with Crippen LogP contribution in [0.4, 0.5) is 11.6 Å². The maximum absolute atomic E-state index is 12.5. The summed E-state index contributed by atoms with van der Waals surface area (Å²) in [7, 11) is -4.79. The van der Waals surface area contributed by atoms with E-state index in [1.165, 1.54) is 75.0 Å². The Labute approximate surface area is 180 Å². The summed E-state index contributed by atoms with van der Waals surface area (Å²) in [5.74, 6) is -0.602. The lowest BCUT2D eigenvalue weighted by molar-refractivity contribution is 0.102. The number of hydrogen-bond donors (Lipinski definition) is 2. The average molecular weight is 462 g/mol. The molecule has 0 fully saturated rings. The third-order valence-corrected chi connectivity index (χ3v) is 7.24. The van der Waals surface area contributed by atoms with Gasteiger partial charge in [0.15, 0.2) is 0 Å². The van der Waals surface area contributed by atoms with Gasteiger partial charge < -0.3 is 5.32 Å². The van der Waals surface area contributed by atoms with Gasteiger partial charge in [0.05, 0.1) is 9.79 Å². The van der Waals surface area contributed by atoms with Crippen LogP contribution in [0.5, 0.6) is 0 Å². The Bertz CT molecular complexity index is 1290. The van der Waals surface area contributed by atoms with Crippen LogP contribution in [-0.2, 0) is 20.0 Å². The first-order valence-electron chi connectivity index (χ1n) is 8.83. The molecule has 10 nitrogen and oxygen atoms in total. The highest BCUT2D eigenvalue weighted by molar-refractivity contribution is 7.92. The minimum absolute atomic E-state index is 0.0132. The second kappa shape index (κ2) is 8.79. The van der Waals surface area contributed by atoms with Crippen LogP contribution in [-0.4, -0.2) is 51.1 Å². The molecule has 3 rings (SSSR count). The number of rotatable bonds is 7. The van der Waals surface area contributed by atoms with E-state index in [9.17, 15) is 21.6 Å². The van der Waals surface area contributed by atoms with Crippen LogP contribution in [0.25, 0.3) is 0 Å². The molecule has 12 heteroatoms. The van der Waals surface area contributed by atoms with Gasteiger partial charge in [-0.2, -0.15) is 0 Å². The molecular formula is C19H19N5O5S2. The summed E-state index contributed by atoms with van der Waals surface area (Å²) >= 11 is 0. The third-order valence-electron chi connectivity index (χ3n) is 4.09. The predicted octanol–water partition coefficient (Wildman–Crippen LogP) is 1.78. The Morgan fingerprint density at radius 1 is 0.871 bits per heavy atom. The molecule has 0 atom stereocenters. The van der Waals surface area contributed by atoms with Crippen molar-refractivity contribution in [1.82, 2.24) is 14.3 Å². The second-order valence-corrected chi connectivity index (χ2v) is 10.3. The molecule has 0 spiro atoms.